The normalized spacial score (nSPS) is 29.1. The van der Waals surface area contributed by atoms with Gasteiger partial charge in [0.1, 0.15) is 0 Å². The van der Waals surface area contributed by atoms with Gasteiger partial charge in [-0.05, 0) is 24.5 Å². The molecule has 0 radical (unpaired) electrons. The Morgan fingerprint density at radius 2 is 2.06 bits per heavy atom. The minimum atomic E-state index is 0.688. The molecule has 3 nitrogen and oxygen atoms in total. The summed E-state index contributed by atoms with van der Waals surface area (Å²) in [6, 6.07) is 0.688. The molecule has 2 fully saturated rings. The minimum absolute atomic E-state index is 0.688. The van der Waals surface area contributed by atoms with Crippen molar-refractivity contribution < 1.29 is 0 Å². The van der Waals surface area contributed by atoms with E-state index in [4.69, 9.17) is 0 Å². The Hall–Kier alpha value is -0.380. The van der Waals surface area contributed by atoms with E-state index in [9.17, 15) is 0 Å². The van der Waals surface area contributed by atoms with E-state index in [-0.39, 0.29) is 0 Å². The Balaban J connectivity index is 1.67. The number of guanidine groups is 1. The fraction of sp³-hybridized carbons (Fsp3) is 0.929. The molecule has 0 aromatic heterocycles. The summed E-state index contributed by atoms with van der Waals surface area (Å²) in [5, 5.41) is 6.96. The van der Waals surface area contributed by atoms with Crippen LogP contribution in [0.2, 0.25) is 0 Å². The van der Waals surface area contributed by atoms with Crippen LogP contribution in [0.15, 0.2) is 4.99 Å². The number of nitrogens with zero attached hydrogens (tertiary/aromatic N) is 1. The van der Waals surface area contributed by atoms with E-state index in [0.29, 0.717) is 6.04 Å². The van der Waals surface area contributed by atoms with Gasteiger partial charge in [-0.15, -0.1) is 0 Å². The Kier molecular flexibility index (Phi) is 5.67. The molecule has 2 saturated carbocycles. The molecule has 0 aromatic rings. The molecular weight excluding hydrogens is 242 g/mol. The SMILES string of the molecule is CN=C(NCCSC)NC1CC1C1CCCCC1. The fourth-order valence-electron chi connectivity index (χ4n) is 3.11. The molecule has 0 heterocycles. The van der Waals surface area contributed by atoms with Crippen molar-refractivity contribution in [2.24, 2.45) is 16.8 Å². The van der Waals surface area contributed by atoms with Crippen LogP contribution in [-0.4, -0.2) is 37.6 Å². The molecule has 2 unspecified atom stereocenters. The van der Waals surface area contributed by atoms with Crippen LogP contribution in [0.5, 0.6) is 0 Å². The molecule has 104 valence electrons. The van der Waals surface area contributed by atoms with Gasteiger partial charge in [-0.2, -0.15) is 11.8 Å². The lowest BCUT2D eigenvalue weighted by Crippen LogP contribution is -2.40. The lowest BCUT2D eigenvalue weighted by atomic mass is 9.85. The number of nitrogens with one attached hydrogen (secondary N) is 2. The third kappa shape index (κ3) is 4.08. The average molecular weight is 269 g/mol. The van der Waals surface area contributed by atoms with Gasteiger partial charge in [-0.25, -0.2) is 0 Å². The van der Waals surface area contributed by atoms with E-state index >= 15 is 0 Å². The summed E-state index contributed by atoms with van der Waals surface area (Å²) in [6.07, 6.45) is 10.8. The molecule has 0 amide bonds. The largest absolute Gasteiger partial charge is 0.356 e. The molecule has 2 aliphatic rings. The maximum absolute atomic E-state index is 4.30. The summed E-state index contributed by atoms with van der Waals surface area (Å²) < 4.78 is 0. The predicted molar refractivity (Wildman–Crippen MR) is 81.3 cm³/mol. The van der Waals surface area contributed by atoms with Crippen LogP contribution in [-0.2, 0) is 0 Å². The Morgan fingerprint density at radius 3 is 2.72 bits per heavy atom. The zero-order valence-electron chi connectivity index (χ0n) is 11.7. The van der Waals surface area contributed by atoms with Crippen molar-refractivity contribution in [1.29, 1.82) is 0 Å². The van der Waals surface area contributed by atoms with Gasteiger partial charge in [0.2, 0.25) is 0 Å². The highest BCUT2D eigenvalue weighted by atomic mass is 32.2. The van der Waals surface area contributed by atoms with Gasteiger partial charge in [0.25, 0.3) is 0 Å². The third-order valence-electron chi connectivity index (χ3n) is 4.24. The van der Waals surface area contributed by atoms with E-state index in [1.54, 1.807) is 0 Å². The van der Waals surface area contributed by atoms with Crippen LogP contribution in [0, 0.1) is 11.8 Å². The maximum Gasteiger partial charge on any atom is 0.191 e. The Bertz CT molecular complexity index is 274. The highest BCUT2D eigenvalue weighted by Gasteiger charge is 2.43. The molecule has 18 heavy (non-hydrogen) atoms. The quantitative estimate of drug-likeness (QED) is 0.457. The van der Waals surface area contributed by atoms with Gasteiger partial charge >= 0.3 is 0 Å². The Morgan fingerprint density at radius 1 is 1.28 bits per heavy atom. The van der Waals surface area contributed by atoms with Crippen LogP contribution < -0.4 is 10.6 Å². The maximum atomic E-state index is 4.30. The van der Waals surface area contributed by atoms with E-state index in [0.717, 1.165) is 30.1 Å². The second kappa shape index (κ2) is 7.27. The first-order valence-corrected chi connectivity index (χ1v) is 8.70. The van der Waals surface area contributed by atoms with E-state index in [1.807, 2.05) is 18.8 Å². The number of rotatable bonds is 5. The zero-order chi connectivity index (χ0) is 12.8. The van der Waals surface area contributed by atoms with Crippen LogP contribution in [0.4, 0.5) is 0 Å². The lowest BCUT2D eigenvalue weighted by Gasteiger charge is -2.22. The predicted octanol–water partition coefficient (Wildman–Crippen LogP) is 2.48. The summed E-state index contributed by atoms with van der Waals surface area (Å²) in [6.45, 7) is 1.00. The van der Waals surface area contributed by atoms with E-state index < -0.39 is 0 Å². The minimum Gasteiger partial charge on any atom is -0.356 e. The number of hydrogen-bond acceptors (Lipinski definition) is 2. The monoisotopic (exact) mass is 269 g/mol. The van der Waals surface area contributed by atoms with Crippen molar-refractivity contribution in [2.45, 2.75) is 44.6 Å². The highest BCUT2D eigenvalue weighted by Crippen LogP contribution is 2.44. The van der Waals surface area contributed by atoms with Crippen molar-refractivity contribution in [3.05, 3.63) is 0 Å². The summed E-state index contributed by atoms with van der Waals surface area (Å²) in [5.41, 5.74) is 0. The fourth-order valence-corrected chi connectivity index (χ4v) is 3.41. The first-order valence-electron chi connectivity index (χ1n) is 7.31. The summed E-state index contributed by atoms with van der Waals surface area (Å²) >= 11 is 1.87. The van der Waals surface area contributed by atoms with E-state index in [1.165, 1.54) is 38.5 Å². The molecule has 2 N–H and O–H groups in total. The van der Waals surface area contributed by atoms with Crippen molar-refractivity contribution in [2.75, 3.05) is 25.6 Å². The first-order chi connectivity index (χ1) is 8.85. The van der Waals surface area contributed by atoms with Crippen LogP contribution >= 0.6 is 11.8 Å². The van der Waals surface area contributed by atoms with Crippen molar-refractivity contribution in [1.82, 2.24) is 10.6 Å². The topological polar surface area (TPSA) is 36.4 Å². The highest BCUT2D eigenvalue weighted by molar-refractivity contribution is 7.98. The molecular formula is C14H27N3S. The van der Waals surface area contributed by atoms with Gasteiger partial charge < -0.3 is 10.6 Å². The van der Waals surface area contributed by atoms with Crippen molar-refractivity contribution in [3.8, 4) is 0 Å². The van der Waals surface area contributed by atoms with Gasteiger partial charge in [0.15, 0.2) is 5.96 Å². The smallest absolute Gasteiger partial charge is 0.191 e. The number of hydrogen-bond donors (Lipinski definition) is 2. The molecule has 0 aliphatic heterocycles. The van der Waals surface area contributed by atoms with Crippen LogP contribution in [0.3, 0.4) is 0 Å². The van der Waals surface area contributed by atoms with Crippen molar-refractivity contribution >= 4 is 17.7 Å². The Labute approximate surface area is 116 Å². The van der Waals surface area contributed by atoms with Gasteiger partial charge in [0, 0.05) is 25.4 Å². The second-order valence-corrected chi connectivity index (χ2v) is 6.53. The summed E-state index contributed by atoms with van der Waals surface area (Å²) in [4.78, 5) is 4.30. The molecule has 0 saturated heterocycles. The molecule has 4 heteroatoms. The van der Waals surface area contributed by atoms with Gasteiger partial charge in [0.05, 0.1) is 0 Å². The molecule has 2 aliphatic carbocycles. The van der Waals surface area contributed by atoms with E-state index in [2.05, 4.69) is 21.9 Å². The summed E-state index contributed by atoms with van der Waals surface area (Å²) in [5.74, 6) is 4.04. The van der Waals surface area contributed by atoms with Crippen LogP contribution in [0.1, 0.15) is 38.5 Å². The molecule has 0 bridgehead atoms. The molecule has 0 aromatic carbocycles. The van der Waals surface area contributed by atoms with Crippen LogP contribution in [0.25, 0.3) is 0 Å². The number of thioether (sulfide) groups is 1. The zero-order valence-corrected chi connectivity index (χ0v) is 12.6. The standard InChI is InChI=1S/C14H27N3S/c1-15-14(16-8-9-18-2)17-13-10-12(13)11-6-4-3-5-7-11/h11-13H,3-10H2,1-2H3,(H2,15,16,17). The molecule has 2 atom stereocenters. The summed E-state index contributed by atoms with van der Waals surface area (Å²) in [7, 11) is 1.87. The first kappa shape index (κ1) is 14.0. The average Bonchev–Trinajstić information content (AvgIpc) is 3.18. The second-order valence-electron chi connectivity index (χ2n) is 5.54. The molecule has 0 spiro atoms. The van der Waals surface area contributed by atoms with Crippen molar-refractivity contribution in [3.63, 3.8) is 0 Å². The number of aliphatic imine (C=N–C) groups is 1. The molecule has 2 rings (SSSR count). The lowest BCUT2D eigenvalue weighted by molar-refractivity contribution is 0.315. The third-order valence-corrected chi connectivity index (χ3v) is 4.85. The van der Waals surface area contributed by atoms with Gasteiger partial charge in [-0.3, -0.25) is 4.99 Å². The van der Waals surface area contributed by atoms with Gasteiger partial charge in [-0.1, -0.05) is 32.1 Å².